The molecule has 1 rings (SSSR count). The molecule has 50 valence electrons. The SMILES string of the molecule is N#Cc1cnc(Br)nc1N. The van der Waals surface area contributed by atoms with Crippen LogP contribution in [0.3, 0.4) is 0 Å². The molecule has 0 spiro atoms. The molecule has 1 aromatic heterocycles. The summed E-state index contributed by atoms with van der Waals surface area (Å²) >= 11 is 3.01. The summed E-state index contributed by atoms with van der Waals surface area (Å²) in [5.74, 6) is 0.198. The highest BCUT2D eigenvalue weighted by Gasteiger charge is 1.98. The van der Waals surface area contributed by atoms with Gasteiger partial charge in [-0.25, -0.2) is 9.97 Å². The average molecular weight is 199 g/mol. The Kier molecular flexibility index (Phi) is 1.83. The Labute approximate surface area is 65.8 Å². The maximum atomic E-state index is 8.38. The second-order valence-electron chi connectivity index (χ2n) is 1.55. The molecule has 0 atom stereocenters. The number of nitrogens with two attached hydrogens (primary N) is 1. The van der Waals surface area contributed by atoms with E-state index in [0.717, 1.165) is 0 Å². The number of anilines is 1. The average Bonchev–Trinajstić information content (AvgIpc) is 1.88. The van der Waals surface area contributed by atoms with E-state index in [1.54, 1.807) is 0 Å². The van der Waals surface area contributed by atoms with Crippen molar-refractivity contribution in [2.45, 2.75) is 0 Å². The Bertz CT molecular complexity index is 290. The summed E-state index contributed by atoms with van der Waals surface area (Å²) in [5.41, 5.74) is 5.62. The first-order valence-corrected chi connectivity index (χ1v) is 3.21. The van der Waals surface area contributed by atoms with Crippen LogP contribution in [0.5, 0.6) is 0 Å². The van der Waals surface area contributed by atoms with Crippen molar-refractivity contribution >= 4 is 21.7 Å². The summed E-state index contributed by atoms with van der Waals surface area (Å²) in [4.78, 5) is 7.42. The van der Waals surface area contributed by atoms with Crippen LogP contribution >= 0.6 is 15.9 Å². The molecule has 4 nitrogen and oxygen atoms in total. The number of nitrogen functional groups attached to an aromatic ring is 1. The monoisotopic (exact) mass is 198 g/mol. The van der Waals surface area contributed by atoms with Gasteiger partial charge in [0.25, 0.3) is 0 Å². The molecule has 1 aromatic rings. The number of hydrogen-bond donors (Lipinski definition) is 1. The molecule has 0 aliphatic heterocycles. The summed E-state index contributed by atoms with van der Waals surface area (Å²) < 4.78 is 0.393. The predicted molar refractivity (Wildman–Crippen MR) is 38.9 cm³/mol. The van der Waals surface area contributed by atoms with Crippen molar-refractivity contribution in [1.82, 2.24) is 9.97 Å². The van der Waals surface area contributed by atoms with Gasteiger partial charge in [0, 0.05) is 0 Å². The van der Waals surface area contributed by atoms with Gasteiger partial charge in [-0.1, -0.05) is 0 Å². The standard InChI is InChI=1S/C5H3BrN4/c6-5-9-2-3(1-7)4(8)10-5/h2H,(H2,8,9,10). The van der Waals surface area contributed by atoms with Crippen LogP contribution in [-0.2, 0) is 0 Å². The molecule has 10 heavy (non-hydrogen) atoms. The van der Waals surface area contributed by atoms with Crippen LogP contribution in [0.1, 0.15) is 5.56 Å². The van der Waals surface area contributed by atoms with E-state index in [1.165, 1.54) is 6.20 Å². The minimum atomic E-state index is 0.198. The van der Waals surface area contributed by atoms with Gasteiger partial charge in [0.1, 0.15) is 17.5 Å². The van der Waals surface area contributed by atoms with Gasteiger partial charge in [-0.15, -0.1) is 0 Å². The number of aromatic nitrogens is 2. The Balaban J connectivity index is 3.23. The Morgan fingerprint density at radius 2 is 2.40 bits per heavy atom. The van der Waals surface area contributed by atoms with Gasteiger partial charge in [0.05, 0.1) is 6.20 Å². The molecular weight excluding hydrogens is 196 g/mol. The molecule has 0 aliphatic rings. The van der Waals surface area contributed by atoms with Gasteiger partial charge < -0.3 is 5.73 Å². The molecule has 1 heterocycles. The second kappa shape index (κ2) is 2.62. The van der Waals surface area contributed by atoms with Crippen LogP contribution in [0.2, 0.25) is 0 Å². The van der Waals surface area contributed by atoms with E-state index in [1.807, 2.05) is 6.07 Å². The number of hydrogen-bond acceptors (Lipinski definition) is 4. The molecule has 0 bridgehead atoms. The maximum absolute atomic E-state index is 8.38. The topological polar surface area (TPSA) is 75.6 Å². The van der Waals surface area contributed by atoms with Gasteiger partial charge in [-0.2, -0.15) is 5.26 Å². The molecule has 0 fully saturated rings. The zero-order chi connectivity index (χ0) is 7.56. The summed E-state index contributed by atoms with van der Waals surface area (Å²) in [5, 5.41) is 8.38. The van der Waals surface area contributed by atoms with Crippen LogP contribution in [0, 0.1) is 11.3 Å². The van der Waals surface area contributed by atoms with E-state index < -0.39 is 0 Å². The number of halogens is 1. The molecule has 0 aromatic carbocycles. The van der Waals surface area contributed by atoms with E-state index in [4.69, 9.17) is 11.0 Å². The highest BCUT2D eigenvalue weighted by molar-refractivity contribution is 9.10. The Hall–Kier alpha value is -1.15. The lowest BCUT2D eigenvalue weighted by Gasteiger charge is -1.93. The van der Waals surface area contributed by atoms with E-state index in [9.17, 15) is 0 Å². The second-order valence-corrected chi connectivity index (χ2v) is 2.26. The minimum absolute atomic E-state index is 0.198. The fourth-order valence-electron chi connectivity index (χ4n) is 0.459. The zero-order valence-electron chi connectivity index (χ0n) is 4.87. The quantitative estimate of drug-likeness (QED) is 0.623. The smallest absolute Gasteiger partial charge is 0.198 e. The van der Waals surface area contributed by atoms with Crippen molar-refractivity contribution < 1.29 is 0 Å². The Morgan fingerprint density at radius 3 is 2.90 bits per heavy atom. The van der Waals surface area contributed by atoms with Gasteiger partial charge in [-0.3, -0.25) is 0 Å². The van der Waals surface area contributed by atoms with Gasteiger partial charge >= 0.3 is 0 Å². The molecule has 2 N–H and O–H groups in total. The van der Waals surface area contributed by atoms with E-state index >= 15 is 0 Å². The molecule has 0 amide bonds. The van der Waals surface area contributed by atoms with Crippen LogP contribution < -0.4 is 5.73 Å². The maximum Gasteiger partial charge on any atom is 0.198 e. The van der Waals surface area contributed by atoms with Crippen molar-refractivity contribution in [3.8, 4) is 6.07 Å². The van der Waals surface area contributed by atoms with Crippen molar-refractivity contribution in [3.05, 3.63) is 16.5 Å². The third-order valence-corrected chi connectivity index (χ3v) is 1.29. The fourth-order valence-corrected chi connectivity index (χ4v) is 0.752. The highest BCUT2D eigenvalue weighted by Crippen LogP contribution is 2.08. The van der Waals surface area contributed by atoms with Gasteiger partial charge in [-0.05, 0) is 15.9 Å². The third-order valence-electron chi connectivity index (χ3n) is 0.909. The number of rotatable bonds is 0. The van der Waals surface area contributed by atoms with Crippen LogP contribution in [0.4, 0.5) is 5.82 Å². The lowest BCUT2D eigenvalue weighted by molar-refractivity contribution is 1.11. The molecule has 5 heteroatoms. The first-order valence-electron chi connectivity index (χ1n) is 2.42. The lowest BCUT2D eigenvalue weighted by Crippen LogP contribution is -1.96. The fraction of sp³-hybridized carbons (Fsp3) is 0. The first kappa shape index (κ1) is 6.96. The third kappa shape index (κ3) is 1.22. The molecule has 0 radical (unpaired) electrons. The molecule has 0 saturated heterocycles. The summed E-state index contributed by atoms with van der Waals surface area (Å²) in [7, 11) is 0. The summed E-state index contributed by atoms with van der Waals surface area (Å²) in [6.07, 6.45) is 1.37. The molecule has 0 saturated carbocycles. The predicted octanol–water partition coefficient (Wildman–Crippen LogP) is 0.693. The Morgan fingerprint density at radius 1 is 1.70 bits per heavy atom. The van der Waals surface area contributed by atoms with Gasteiger partial charge in [0.2, 0.25) is 0 Å². The van der Waals surface area contributed by atoms with Crippen LogP contribution in [0.25, 0.3) is 0 Å². The lowest BCUT2D eigenvalue weighted by atomic mass is 10.3. The van der Waals surface area contributed by atoms with E-state index in [0.29, 0.717) is 10.3 Å². The van der Waals surface area contributed by atoms with Crippen molar-refractivity contribution in [2.75, 3.05) is 5.73 Å². The van der Waals surface area contributed by atoms with Crippen LogP contribution in [0.15, 0.2) is 10.9 Å². The highest BCUT2D eigenvalue weighted by atomic mass is 79.9. The molecular formula is C5H3BrN4. The first-order chi connectivity index (χ1) is 4.74. The molecule has 0 aliphatic carbocycles. The van der Waals surface area contributed by atoms with E-state index in [2.05, 4.69) is 25.9 Å². The van der Waals surface area contributed by atoms with Crippen molar-refractivity contribution in [3.63, 3.8) is 0 Å². The van der Waals surface area contributed by atoms with Crippen LogP contribution in [-0.4, -0.2) is 9.97 Å². The summed E-state index contributed by atoms with van der Waals surface area (Å²) in [6, 6.07) is 1.85. The molecule has 0 unspecified atom stereocenters. The van der Waals surface area contributed by atoms with E-state index in [-0.39, 0.29) is 5.82 Å². The van der Waals surface area contributed by atoms with Gasteiger partial charge in [0.15, 0.2) is 4.73 Å². The number of nitrogens with zero attached hydrogens (tertiary/aromatic N) is 3. The summed E-state index contributed by atoms with van der Waals surface area (Å²) in [6.45, 7) is 0. The number of nitriles is 1. The van der Waals surface area contributed by atoms with Crippen molar-refractivity contribution in [2.24, 2.45) is 0 Å². The van der Waals surface area contributed by atoms with Crippen molar-refractivity contribution in [1.29, 1.82) is 5.26 Å². The normalized spacial score (nSPS) is 8.80. The zero-order valence-corrected chi connectivity index (χ0v) is 6.46. The largest absolute Gasteiger partial charge is 0.382 e. The minimum Gasteiger partial charge on any atom is -0.382 e.